The largest absolute Gasteiger partial charge is 0.371 e. The third kappa shape index (κ3) is 4.14. The van der Waals surface area contributed by atoms with Crippen LogP contribution >= 0.6 is 11.6 Å². The van der Waals surface area contributed by atoms with Crippen molar-refractivity contribution < 1.29 is 9.13 Å². The second-order valence-corrected chi connectivity index (χ2v) is 6.16. The van der Waals surface area contributed by atoms with E-state index in [1.807, 2.05) is 13.8 Å². The van der Waals surface area contributed by atoms with E-state index < -0.39 is 0 Å². The Balaban J connectivity index is 2.08. The standard InChI is InChI=1S/C14H20ClFN2O/c1-14(2,17)9-18-5-6-19-13(8-18)11-4-3-10(16)7-12(11)15/h3-4,7,13H,5-6,8-9,17H2,1-2H3. The summed E-state index contributed by atoms with van der Waals surface area (Å²) in [5, 5.41) is 0.416. The number of hydrogen-bond donors (Lipinski definition) is 1. The van der Waals surface area contributed by atoms with Crippen LogP contribution in [0, 0.1) is 5.82 Å². The highest BCUT2D eigenvalue weighted by molar-refractivity contribution is 6.31. The van der Waals surface area contributed by atoms with Crippen LogP contribution in [0.25, 0.3) is 0 Å². The summed E-state index contributed by atoms with van der Waals surface area (Å²) < 4.78 is 18.8. The average molecular weight is 287 g/mol. The molecule has 1 aromatic rings. The van der Waals surface area contributed by atoms with Gasteiger partial charge in [-0.25, -0.2) is 4.39 Å². The number of rotatable bonds is 3. The van der Waals surface area contributed by atoms with Gasteiger partial charge in [0.25, 0.3) is 0 Å². The maximum Gasteiger partial charge on any atom is 0.124 e. The minimum atomic E-state index is -0.329. The van der Waals surface area contributed by atoms with Crippen molar-refractivity contribution >= 4 is 11.6 Å². The summed E-state index contributed by atoms with van der Waals surface area (Å²) in [6, 6.07) is 4.43. The molecule has 106 valence electrons. The predicted octanol–water partition coefficient (Wildman–Crippen LogP) is 2.59. The smallest absolute Gasteiger partial charge is 0.124 e. The lowest BCUT2D eigenvalue weighted by atomic mass is 10.0. The van der Waals surface area contributed by atoms with E-state index in [9.17, 15) is 4.39 Å². The zero-order valence-electron chi connectivity index (χ0n) is 11.3. The second-order valence-electron chi connectivity index (χ2n) is 5.75. The maximum absolute atomic E-state index is 13.1. The first-order valence-electron chi connectivity index (χ1n) is 6.43. The number of benzene rings is 1. The van der Waals surface area contributed by atoms with Crippen LogP contribution in [0.5, 0.6) is 0 Å². The monoisotopic (exact) mass is 286 g/mol. The first-order chi connectivity index (χ1) is 8.85. The summed E-state index contributed by atoms with van der Waals surface area (Å²) >= 11 is 6.08. The van der Waals surface area contributed by atoms with Gasteiger partial charge in [0.15, 0.2) is 0 Å². The molecule has 0 amide bonds. The number of nitrogens with two attached hydrogens (primary N) is 1. The molecule has 1 aliphatic rings. The minimum absolute atomic E-state index is 0.121. The molecule has 3 nitrogen and oxygen atoms in total. The topological polar surface area (TPSA) is 38.5 Å². The van der Waals surface area contributed by atoms with E-state index in [4.69, 9.17) is 22.1 Å². The third-order valence-corrected chi connectivity index (χ3v) is 3.42. The Morgan fingerprint density at radius 2 is 2.26 bits per heavy atom. The molecule has 19 heavy (non-hydrogen) atoms. The Morgan fingerprint density at radius 3 is 2.89 bits per heavy atom. The Hall–Kier alpha value is -0.680. The highest BCUT2D eigenvalue weighted by Crippen LogP contribution is 2.29. The summed E-state index contributed by atoms with van der Waals surface area (Å²) in [6.45, 7) is 7.02. The Bertz CT molecular complexity index is 448. The van der Waals surface area contributed by atoms with Crippen molar-refractivity contribution in [1.29, 1.82) is 0 Å². The molecule has 1 aromatic carbocycles. The number of ether oxygens (including phenoxy) is 1. The molecule has 1 saturated heterocycles. The number of morpholine rings is 1. The lowest BCUT2D eigenvalue weighted by Gasteiger charge is -2.36. The van der Waals surface area contributed by atoms with Crippen molar-refractivity contribution in [2.24, 2.45) is 5.73 Å². The van der Waals surface area contributed by atoms with Crippen molar-refractivity contribution in [3.63, 3.8) is 0 Å². The number of nitrogens with zero attached hydrogens (tertiary/aromatic N) is 1. The Kier molecular flexibility index (Phi) is 4.46. The van der Waals surface area contributed by atoms with E-state index in [0.29, 0.717) is 11.6 Å². The molecule has 0 saturated carbocycles. The number of halogens is 2. The van der Waals surface area contributed by atoms with Crippen LogP contribution < -0.4 is 5.73 Å². The molecule has 0 radical (unpaired) electrons. The summed E-state index contributed by atoms with van der Waals surface area (Å²) in [7, 11) is 0. The molecule has 0 spiro atoms. The fraction of sp³-hybridized carbons (Fsp3) is 0.571. The minimum Gasteiger partial charge on any atom is -0.371 e. The van der Waals surface area contributed by atoms with Gasteiger partial charge in [-0.1, -0.05) is 17.7 Å². The van der Waals surface area contributed by atoms with E-state index in [0.717, 1.165) is 25.2 Å². The van der Waals surface area contributed by atoms with E-state index in [2.05, 4.69) is 4.90 Å². The second kappa shape index (κ2) is 5.75. The quantitative estimate of drug-likeness (QED) is 0.928. The molecule has 2 N–H and O–H groups in total. The first-order valence-corrected chi connectivity index (χ1v) is 6.81. The van der Waals surface area contributed by atoms with Gasteiger partial charge in [0.1, 0.15) is 5.82 Å². The van der Waals surface area contributed by atoms with Gasteiger partial charge >= 0.3 is 0 Å². The van der Waals surface area contributed by atoms with Crippen molar-refractivity contribution in [1.82, 2.24) is 4.90 Å². The molecule has 1 aliphatic heterocycles. The highest BCUT2D eigenvalue weighted by Gasteiger charge is 2.26. The van der Waals surface area contributed by atoms with Crippen LogP contribution in [0.4, 0.5) is 4.39 Å². The van der Waals surface area contributed by atoms with Crippen LogP contribution in [-0.4, -0.2) is 36.7 Å². The van der Waals surface area contributed by atoms with Crippen LogP contribution in [0.1, 0.15) is 25.5 Å². The van der Waals surface area contributed by atoms with Crippen molar-refractivity contribution in [3.05, 3.63) is 34.6 Å². The van der Waals surface area contributed by atoms with E-state index in [1.165, 1.54) is 12.1 Å². The number of hydrogen-bond acceptors (Lipinski definition) is 3. The third-order valence-electron chi connectivity index (χ3n) is 3.09. The molecule has 1 unspecified atom stereocenters. The maximum atomic E-state index is 13.1. The molecule has 0 aliphatic carbocycles. The zero-order valence-corrected chi connectivity index (χ0v) is 12.1. The lowest BCUT2D eigenvalue weighted by Crippen LogP contribution is -2.49. The van der Waals surface area contributed by atoms with Gasteiger partial charge < -0.3 is 10.5 Å². The van der Waals surface area contributed by atoms with E-state index >= 15 is 0 Å². The van der Waals surface area contributed by atoms with Gasteiger partial charge in [-0.15, -0.1) is 0 Å². The Labute approximate surface area is 118 Å². The molecule has 1 heterocycles. The van der Waals surface area contributed by atoms with Gasteiger partial charge in [0.05, 0.1) is 12.7 Å². The fourth-order valence-electron chi connectivity index (χ4n) is 2.37. The normalized spacial score (nSPS) is 21.6. The average Bonchev–Trinajstić information content (AvgIpc) is 2.26. The van der Waals surface area contributed by atoms with E-state index in [-0.39, 0.29) is 17.5 Å². The van der Waals surface area contributed by atoms with Gasteiger partial charge in [0.2, 0.25) is 0 Å². The fourth-order valence-corrected chi connectivity index (χ4v) is 2.66. The summed E-state index contributed by atoms with van der Waals surface area (Å²) in [5.41, 5.74) is 6.64. The first kappa shape index (κ1) is 14.7. The molecule has 0 aromatic heterocycles. The molecule has 1 atom stereocenters. The molecule has 0 bridgehead atoms. The van der Waals surface area contributed by atoms with Crippen molar-refractivity contribution in [2.45, 2.75) is 25.5 Å². The van der Waals surface area contributed by atoms with Gasteiger partial charge in [-0.2, -0.15) is 0 Å². The van der Waals surface area contributed by atoms with Gasteiger partial charge in [0, 0.05) is 35.8 Å². The van der Waals surface area contributed by atoms with Crippen LogP contribution in [0.2, 0.25) is 5.02 Å². The van der Waals surface area contributed by atoms with Gasteiger partial charge in [-0.05, 0) is 26.0 Å². The van der Waals surface area contributed by atoms with Crippen molar-refractivity contribution in [2.75, 3.05) is 26.2 Å². The summed E-state index contributed by atoms with van der Waals surface area (Å²) in [4.78, 5) is 2.26. The predicted molar refractivity (Wildman–Crippen MR) is 74.8 cm³/mol. The molecule has 2 rings (SSSR count). The van der Waals surface area contributed by atoms with Crippen LogP contribution in [0.3, 0.4) is 0 Å². The SMILES string of the molecule is CC(C)(N)CN1CCOC(c2ccc(F)cc2Cl)C1. The summed E-state index contributed by atoms with van der Waals surface area (Å²) in [6.07, 6.45) is -0.121. The summed E-state index contributed by atoms with van der Waals surface area (Å²) in [5.74, 6) is -0.329. The van der Waals surface area contributed by atoms with Gasteiger partial charge in [-0.3, -0.25) is 4.90 Å². The van der Waals surface area contributed by atoms with Crippen molar-refractivity contribution in [3.8, 4) is 0 Å². The molecular weight excluding hydrogens is 267 g/mol. The molecule has 5 heteroatoms. The van der Waals surface area contributed by atoms with Crippen LogP contribution in [0.15, 0.2) is 18.2 Å². The zero-order chi connectivity index (χ0) is 14.0. The Morgan fingerprint density at radius 1 is 1.53 bits per heavy atom. The molecular formula is C14H20ClFN2O. The van der Waals surface area contributed by atoms with E-state index in [1.54, 1.807) is 6.07 Å². The lowest BCUT2D eigenvalue weighted by molar-refractivity contribution is -0.0346. The van der Waals surface area contributed by atoms with Crippen LogP contribution in [-0.2, 0) is 4.74 Å². The molecule has 1 fully saturated rings. The highest BCUT2D eigenvalue weighted by atomic mass is 35.5.